The van der Waals surface area contributed by atoms with Gasteiger partial charge < -0.3 is 24.8 Å². The van der Waals surface area contributed by atoms with Gasteiger partial charge in [0.05, 0.1) is 19.3 Å². The van der Waals surface area contributed by atoms with Gasteiger partial charge in [0.15, 0.2) is 5.79 Å². The Morgan fingerprint density at radius 2 is 1.78 bits per heavy atom. The number of hydrogen-bond acceptors (Lipinski definition) is 5. The molecule has 2 aliphatic rings. The van der Waals surface area contributed by atoms with Gasteiger partial charge in [0.2, 0.25) is 0 Å². The van der Waals surface area contributed by atoms with Crippen molar-refractivity contribution in [2.45, 2.75) is 109 Å². The van der Waals surface area contributed by atoms with E-state index in [1.165, 1.54) is 25.7 Å². The van der Waals surface area contributed by atoms with Crippen LogP contribution in [0.25, 0.3) is 0 Å². The number of aliphatic hydroxyl groups excluding tert-OH is 2. The van der Waals surface area contributed by atoms with E-state index in [1.54, 1.807) is 0 Å². The van der Waals surface area contributed by atoms with Crippen LogP contribution in [0.15, 0.2) is 12.2 Å². The third-order valence-corrected chi connectivity index (χ3v) is 7.30. The van der Waals surface area contributed by atoms with Crippen molar-refractivity contribution in [2.75, 3.05) is 19.8 Å². The molecule has 1 aliphatic heterocycles. The first-order chi connectivity index (χ1) is 15.5. The number of allylic oxidation sites excluding steroid dienone is 2. The van der Waals surface area contributed by atoms with Crippen LogP contribution in [0.2, 0.25) is 0 Å². The molecule has 1 saturated heterocycles. The molecule has 2 fully saturated rings. The average Bonchev–Trinajstić information content (AvgIpc) is 3.09. The lowest BCUT2D eigenvalue weighted by Gasteiger charge is -2.39. The molecule has 4 atom stereocenters. The van der Waals surface area contributed by atoms with Gasteiger partial charge in [-0.2, -0.15) is 0 Å². The summed E-state index contributed by atoms with van der Waals surface area (Å²) in [5, 5.41) is 29.4. The number of rotatable bonds is 16. The molecule has 186 valence electrons. The second kappa shape index (κ2) is 15.0. The van der Waals surface area contributed by atoms with Crippen molar-refractivity contribution in [2.24, 2.45) is 17.8 Å². The minimum Gasteiger partial charge on any atom is -0.481 e. The summed E-state index contributed by atoms with van der Waals surface area (Å²) in [4.78, 5) is 10.6. The zero-order valence-corrected chi connectivity index (χ0v) is 20.1. The molecule has 0 radical (unpaired) electrons. The van der Waals surface area contributed by atoms with E-state index in [9.17, 15) is 15.0 Å². The van der Waals surface area contributed by atoms with Gasteiger partial charge in [-0.05, 0) is 62.7 Å². The predicted octanol–water partition coefficient (Wildman–Crippen LogP) is 5.07. The third-order valence-electron chi connectivity index (χ3n) is 7.30. The van der Waals surface area contributed by atoms with E-state index >= 15 is 0 Å². The molecule has 1 saturated carbocycles. The Morgan fingerprint density at radius 1 is 1.03 bits per heavy atom. The Balaban J connectivity index is 1.90. The van der Waals surface area contributed by atoms with Crippen LogP contribution in [0.5, 0.6) is 0 Å². The minimum atomic E-state index is -0.760. The van der Waals surface area contributed by atoms with E-state index in [1.807, 2.05) is 6.08 Å². The highest BCUT2D eigenvalue weighted by atomic mass is 16.7. The van der Waals surface area contributed by atoms with E-state index in [2.05, 4.69) is 13.0 Å². The van der Waals surface area contributed by atoms with Crippen molar-refractivity contribution in [3.8, 4) is 0 Å². The topological polar surface area (TPSA) is 96.2 Å². The Kier molecular flexibility index (Phi) is 12.8. The molecule has 0 aromatic rings. The first-order valence-electron chi connectivity index (χ1n) is 12.9. The fraction of sp³-hybridized carbons (Fsp3) is 0.885. The van der Waals surface area contributed by atoms with Crippen LogP contribution in [-0.2, 0) is 14.3 Å². The van der Waals surface area contributed by atoms with Gasteiger partial charge in [0.25, 0.3) is 0 Å². The molecule has 6 heteroatoms. The largest absolute Gasteiger partial charge is 0.481 e. The molecule has 0 aromatic heterocycles. The van der Waals surface area contributed by atoms with Crippen LogP contribution >= 0.6 is 0 Å². The first-order valence-corrected chi connectivity index (χ1v) is 12.9. The number of aliphatic hydroxyl groups is 2. The van der Waals surface area contributed by atoms with E-state index in [0.717, 1.165) is 58.2 Å². The quantitative estimate of drug-likeness (QED) is 0.223. The zero-order chi connectivity index (χ0) is 23.2. The van der Waals surface area contributed by atoms with E-state index in [0.29, 0.717) is 12.8 Å². The maximum atomic E-state index is 10.8. The van der Waals surface area contributed by atoms with Crippen LogP contribution < -0.4 is 0 Å². The van der Waals surface area contributed by atoms with Crippen LogP contribution in [-0.4, -0.2) is 53.0 Å². The molecular weight excluding hydrogens is 408 g/mol. The Bertz CT molecular complexity index is 542. The zero-order valence-electron chi connectivity index (χ0n) is 20.1. The second-order valence-corrected chi connectivity index (χ2v) is 9.73. The molecule has 0 aromatic carbocycles. The summed E-state index contributed by atoms with van der Waals surface area (Å²) in [6.07, 6.45) is 16.3. The number of carboxylic acids is 1. The smallest absolute Gasteiger partial charge is 0.303 e. The fourth-order valence-electron chi connectivity index (χ4n) is 5.44. The Labute approximate surface area is 194 Å². The van der Waals surface area contributed by atoms with Gasteiger partial charge in [-0.25, -0.2) is 0 Å². The summed E-state index contributed by atoms with van der Waals surface area (Å²) in [5.74, 6) is -0.808. The molecule has 1 aliphatic carbocycles. The molecule has 2 rings (SSSR count). The van der Waals surface area contributed by atoms with Crippen LogP contribution in [0.1, 0.15) is 96.8 Å². The number of hydrogen-bond donors (Lipinski definition) is 3. The number of ether oxygens (including phenoxy) is 2. The Hall–Kier alpha value is -0.950. The highest BCUT2D eigenvalue weighted by Crippen LogP contribution is 2.44. The van der Waals surface area contributed by atoms with Gasteiger partial charge in [0, 0.05) is 25.9 Å². The summed E-state index contributed by atoms with van der Waals surface area (Å²) in [7, 11) is 0. The molecular formula is C26H46O6. The average molecular weight is 455 g/mol. The standard InChI is InChI=1S/C26H46O6/c1-2-3-4-7-10-15-26(31-17-11-18-32-26)16-14-23-22(21(20-27)19-24(23)28)12-8-5-6-9-13-25(29)30/h5,8,21-24,27-28H,2-4,6-7,9-20H2,1H3,(H,29,30)/b8-5-/t21?,22?,23-,24-/m1/s1. The van der Waals surface area contributed by atoms with Crippen LogP contribution in [0.3, 0.4) is 0 Å². The van der Waals surface area contributed by atoms with Gasteiger partial charge >= 0.3 is 5.97 Å². The predicted molar refractivity (Wildman–Crippen MR) is 125 cm³/mol. The van der Waals surface area contributed by atoms with Crippen molar-refractivity contribution in [1.29, 1.82) is 0 Å². The number of carbonyl (C=O) groups is 1. The van der Waals surface area contributed by atoms with Crippen molar-refractivity contribution in [3.63, 3.8) is 0 Å². The van der Waals surface area contributed by atoms with Crippen molar-refractivity contribution >= 4 is 5.97 Å². The SMILES string of the molecule is CCCCCCCC1(CC[C@@H]2C(C/C=C\CCCC(=O)O)C(CO)C[C@H]2O)OCCCO1. The lowest BCUT2D eigenvalue weighted by atomic mass is 9.82. The first kappa shape index (κ1) is 27.3. The summed E-state index contributed by atoms with van der Waals surface area (Å²) in [6.45, 7) is 3.80. The number of aliphatic carboxylic acids is 1. The number of carboxylic acid groups (broad SMARTS) is 1. The van der Waals surface area contributed by atoms with E-state index < -0.39 is 17.9 Å². The highest BCUT2D eigenvalue weighted by molar-refractivity contribution is 5.66. The summed E-state index contributed by atoms with van der Waals surface area (Å²) in [6, 6.07) is 0. The van der Waals surface area contributed by atoms with Gasteiger partial charge in [-0.1, -0.05) is 44.8 Å². The third kappa shape index (κ3) is 9.12. The molecule has 0 amide bonds. The monoisotopic (exact) mass is 454 g/mol. The van der Waals surface area contributed by atoms with Crippen molar-refractivity contribution < 1.29 is 29.6 Å². The number of unbranched alkanes of at least 4 members (excludes halogenated alkanes) is 5. The highest BCUT2D eigenvalue weighted by Gasteiger charge is 2.43. The minimum absolute atomic E-state index is 0.0979. The van der Waals surface area contributed by atoms with E-state index in [4.69, 9.17) is 14.6 Å². The van der Waals surface area contributed by atoms with Gasteiger partial charge in [-0.15, -0.1) is 0 Å². The lowest BCUT2D eigenvalue weighted by molar-refractivity contribution is -0.276. The van der Waals surface area contributed by atoms with E-state index in [-0.39, 0.29) is 30.8 Å². The van der Waals surface area contributed by atoms with Crippen molar-refractivity contribution in [1.82, 2.24) is 0 Å². The Morgan fingerprint density at radius 3 is 2.47 bits per heavy atom. The van der Waals surface area contributed by atoms with Crippen molar-refractivity contribution in [3.05, 3.63) is 12.2 Å². The molecule has 1 heterocycles. The molecule has 2 unspecified atom stereocenters. The maximum Gasteiger partial charge on any atom is 0.303 e. The lowest BCUT2D eigenvalue weighted by Crippen LogP contribution is -2.41. The molecule has 0 spiro atoms. The molecule has 3 N–H and O–H groups in total. The molecule has 6 nitrogen and oxygen atoms in total. The van der Waals surface area contributed by atoms with Gasteiger partial charge in [0.1, 0.15) is 0 Å². The molecule has 32 heavy (non-hydrogen) atoms. The molecule has 0 bridgehead atoms. The second-order valence-electron chi connectivity index (χ2n) is 9.73. The fourth-order valence-corrected chi connectivity index (χ4v) is 5.44. The summed E-state index contributed by atoms with van der Waals surface area (Å²) >= 11 is 0. The normalized spacial score (nSPS) is 27.8. The maximum absolute atomic E-state index is 10.8. The summed E-state index contributed by atoms with van der Waals surface area (Å²) < 4.78 is 12.4. The van der Waals surface area contributed by atoms with Crippen LogP contribution in [0, 0.1) is 17.8 Å². The summed E-state index contributed by atoms with van der Waals surface area (Å²) in [5.41, 5.74) is 0. The van der Waals surface area contributed by atoms with Gasteiger partial charge in [-0.3, -0.25) is 4.79 Å². The van der Waals surface area contributed by atoms with Crippen LogP contribution in [0.4, 0.5) is 0 Å².